The normalized spacial score (nSPS) is 17.8. The Kier molecular flexibility index (Phi) is 9.70. The molecule has 9 heteroatoms. The number of nitrogens with zero attached hydrogens (tertiary/aromatic N) is 4. The number of methoxy groups -OCH3 is 1. The Morgan fingerprint density at radius 2 is 2.07 bits per heavy atom. The third-order valence-electron chi connectivity index (χ3n) is 4.69. The van der Waals surface area contributed by atoms with Crippen molar-refractivity contribution in [2.24, 2.45) is 12.0 Å². The molecule has 0 bridgehead atoms. The highest BCUT2D eigenvalue weighted by molar-refractivity contribution is 14.0. The molecule has 0 spiro atoms. The van der Waals surface area contributed by atoms with Gasteiger partial charge in [0.1, 0.15) is 23.7 Å². The lowest BCUT2D eigenvalue weighted by atomic mass is 10.1. The van der Waals surface area contributed by atoms with Crippen LogP contribution in [-0.4, -0.2) is 66.6 Å². The minimum atomic E-state index is -0.0489. The number of ether oxygens (including phenoxy) is 3. The van der Waals surface area contributed by atoms with E-state index in [1.165, 1.54) is 0 Å². The Hall–Kier alpha value is -2.01. The lowest BCUT2D eigenvalue weighted by molar-refractivity contribution is -0.00808. The Bertz CT molecular complexity index is 796. The van der Waals surface area contributed by atoms with Crippen LogP contribution in [0.5, 0.6) is 11.5 Å². The Labute approximate surface area is 195 Å². The molecule has 1 N–H and O–H groups in total. The molecule has 1 aromatic heterocycles. The van der Waals surface area contributed by atoms with Crippen LogP contribution in [0.1, 0.15) is 25.5 Å². The SMILES string of the molecule is CCNC(=NCC(C)Oc1ccc(OC)cc1)N1CCOC(c2cnn(C)c2)C1.I. The van der Waals surface area contributed by atoms with Crippen molar-refractivity contribution in [3.63, 3.8) is 0 Å². The van der Waals surface area contributed by atoms with Gasteiger partial charge in [0, 0.05) is 31.9 Å². The number of halogens is 1. The number of aryl methyl sites for hydroxylation is 1. The van der Waals surface area contributed by atoms with Gasteiger partial charge in [0.15, 0.2) is 5.96 Å². The molecule has 2 unspecified atom stereocenters. The fourth-order valence-electron chi connectivity index (χ4n) is 3.21. The minimum Gasteiger partial charge on any atom is -0.497 e. The molecule has 0 saturated carbocycles. The minimum absolute atomic E-state index is 0. The lowest BCUT2D eigenvalue weighted by Gasteiger charge is -2.35. The van der Waals surface area contributed by atoms with Crippen molar-refractivity contribution in [3.8, 4) is 11.5 Å². The fraction of sp³-hybridized carbons (Fsp3) is 0.524. The van der Waals surface area contributed by atoms with Crippen molar-refractivity contribution in [2.75, 3.05) is 39.9 Å². The predicted molar refractivity (Wildman–Crippen MR) is 128 cm³/mol. The number of hydrogen-bond donors (Lipinski definition) is 1. The van der Waals surface area contributed by atoms with Crippen molar-refractivity contribution in [1.82, 2.24) is 20.0 Å². The quantitative estimate of drug-likeness (QED) is 0.338. The maximum atomic E-state index is 5.98. The van der Waals surface area contributed by atoms with Crippen LogP contribution in [0.4, 0.5) is 0 Å². The zero-order valence-corrected chi connectivity index (χ0v) is 20.4. The number of aromatic nitrogens is 2. The van der Waals surface area contributed by atoms with Crippen LogP contribution in [0.2, 0.25) is 0 Å². The van der Waals surface area contributed by atoms with Gasteiger partial charge in [-0.15, -0.1) is 24.0 Å². The molecule has 2 atom stereocenters. The number of hydrogen-bond acceptors (Lipinski definition) is 5. The van der Waals surface area contributed by atoms with Gasteiger partial charge < -0.3 is 24.4 Å². The van der Waals surface area contributed by atoms with E-state index in [2.05, 4.69) is 22.2 Å². The summed E-state index contributed by atoms with van der Waals surface area (Å²) in [6, 6.07) is 7.60. The van der Waals surface area contributed by atoms with Gasteiger partial charge in [-0.25, -0.2) is 4.99 Å². The smallest absolute Gasteiger partial charge is 0.194 e. The summed E-state index contributed by atoms with van der Waals surface area (Å²) in [4.78, 5) is 7.05. The van der Waals surface area contributed by atoms with Gasteiger partial charge in [-0.3, -0.25) is 4.68 Å². The summed E-state index contributed by atoms with van der Waals surface area (Å²) in [6.07, 6.45) is 3.81. The van der Waals surface area contributed by atoms with E-state index in [1.807, 2.05) is 50.6 Å². The van der Waals surface area contributed by atoms with Crippen molar-refractivity contribution < 1.29 is 14.2 Å². The van der Waals surface area contributed by atoms with Crippen LogP contribution in [0.3, 0.4) is 0 Å². The molecule has 2 aromatic rings. The summed E-state index contributed by atoms with van der Waals surface area (Å²) >= 11 is 0. The molecule has 1 aliphatic heterocycles. The highest BCUT2D eigenvalue weighted by atomic mass is 127. The summed E-state index contributed by atoms with van der Waals surface area (Å²) < 4.78 is 18.9. The Balaban J connectivity index is 0.00000320. The molecule has 1 fully saturated rings. The summed E-state index contributed by atoms with van der Waals surface area (Å²) in [5.74, 6) is 2.50. The van der Waals surface area contributed by atoms with Crippen LogP contribution < -0.4 is 14.8 Å². The van der Waals surface area contributed by atoms with Gasteiger partial charge in [0.05, 0.1) is 33.0 Å². The van der Waals surface area contributed by atoms with Crippen LogP contribution in [-0.2, 0) is 11.8 Å². The monoisotopic (exact) mass is 529 g/mol. The predicted octanol–water partition coefficient (Wildman–Crippen LogP) is 2.85. The first-order valence-corrected chi connectivity index (χ1v) is 10.0. The highest BCUT2D eigenvalue weighted by Crippen LogP contribution is 2.22. The number of benzene rings is 1. The van der Waals surface area contributed by atoms with E-state index in [0.717, 1.165) is 42.7 Å². The van der Waals surface area contributed by atoms with Gasteiger partial charge in [-0.2, -0.15) is 5.10 Å². The molecule has 0 amide bonds. The average Bonchev–Trinajstić information content (AvgIpc) is 3.18. The maximum Gasteiger partial charge on any atom is 0.194 e. The Morgan fingerprint density at radius 3 is 2.70 bits per heavy atom. The van der Waals surface area contributed by atoms with Crippen molar-refractivity contribution in [2.45, 2.75) is 26.1 Å². The van der Waals surface area contributed by atoms with E-state index in [0.29, 0.717) is 13.2 Å². The van der Waals surface area contributed by atoms with Crippen LogP contribution in [0.15, 0.2) is 41.7 Å². The summed E-state index contributed by atoms with van der Waals surface area (Å²) in [6.45, 7) is 7.66. The van der Waals surface area contributed by atoms with Gasteiger partial charge in [-0.05, 0) is 38.1 Å². The molecule has 1 aromatic carbocycles. The van der Waals surface area contributed by atoms with Crippen LogP contribution in [0, 0.1) is 0 Å². The van der Waals surface area contributed by atoms with E-state index in [9.17, 15) is 0 Å². The zero-order chi connectivity index (χ0) is 20.6. The van der Waals surface area contributed by atoms with Crippen molar-refractivity contribution in [3.05, 3.63) is 42.2 Å². The third kappa shape index (κ3) is 6.76. The van der Waals surface area contributed by atoms with E-state index >= 15 is 0 Å². The summed E-state index contributed by atoms with van der Waals surface area (Å²) in [5, 5.41) is 7.65. The largest absolute Gasteiger partial charge is 0.497 e. The van der Waals surface area contributed by atoms with Gasteiger partial charge in [-0.1, -0.05) is 0 Å². The molecule has 2 heterocycles. The van der Waals surface area contributed by atoms with E-state index in [4.69, 9.17) is 19.2 Å². The standard InChI is InChI=1S/C21H31N5O3.HI/c1-5-22-21(23-12-16(2)29-19-8-6-18(27-4)7-9-19)26-10-11-28-20(15-26)17-13-24-25(3)14-17;/h6-9,13-14,16,20H,5,10-12,15H2,1-4H3,(H,22,23);1H. The molecular formula is C21H32IN5O3. The highest BCUT2D eigenvalue weighted by Gasteiger charge is 2.25. The second kappa shape index (κ2) is 12.0. The first-order chi connectivity index (χ1) is 14.1. The molecule has 1 aliphatic rings. The second-order valence-electron chi connectivity index (χ2n) is 7.05. The molecule has 1 saturated heterocycles. The zero-order valence-electron chi connectivity index (χ0n) is 18.1. The molecule has 3 rings (SSSR count). The molecule has 166 valence electrons. The first kappa shape index (κ1) is 24.3. The van der Waals surface area contributed by atoms with Crippen LogP contribution in [0.25, 0.3) is 0 Å². The van der Waals surface area contributed by atoms with Crippen molar-refractivity contribution in [1.29, 1.82) is 0 Å². The first-order valence-electron chi connectivity index (χ1n) is 10.0. The number of rotatable bonds is 7. The summed E-state index contributed by atoms with van der Waals surface area (Å²) in [7, 11) is 3.57. The summed E-state index contributed by atoms with van der Waals surface area (Å²) in [5.41, 5.74) is 1.09. The second-order valence-corrected chi connectivity index (χ2v) is 7.05. The Morgan fingerprint density at radius 1 is 1.33 bits per heavy atom. The van der Waals surface area contributed by atoms with Crippen LogP contribution >= 0.6 is 24.0 Å². The molecule has 0 radical (unpaired) electrons. The molecule has 8 nitrogen and oxygen atoms in total. The number of guanidine groups is 1. The number of nitrogens with one attached hydrogen (secondary N) is 1. The third-order valence-corrected chi connectivity index (χ3v) is 4.69. The molecule has 0 aliphatic carbocycles. The maximum absolute atomic E-state index is 5.98. The number of aliphatic imine (C=N–C) groups is 1. The number of morpholine rings is 1. The topological polar surface area (TPSA) is 73.1 Å². The van der Waals surface area contributed by atoms with Gasteiger partial charge in [0.2, 0.25) is 0 Å². The van der Waals surface area contributed by atoms with E-state index < -0.39 is 0 Å². The average molecular weight is 529 g/mol. The fourth-order valence-corrected chi connectivity index (χ4v) is 3.21. The van der Waals surface area contributed by atoms with Crippen molar-refractivity contribution >= 4 is 29.9 Å². The lowest BCUT2D eigenvalue weighted by Crippen LogP contribution is -2.48. The van der Waals surface area contributed by atoms with E-state index in [1.54, 1.807) is 11.8 Å². The molecular weight excluding hydrogens is 497 g/mol. The van der Waals surface area contributed by atoms with Gasteiger partial charge >= 0.3 is 0 Å². The van der Waals surface area contributed by atoms with E-state index in [-0.39, 0.29) is 36.2 Å². The molecule has 30 heavy (non-hydrogen) atoms. The van der Waals surface area contributed by atoms with Gasteiger partial charge in [0.25, 0.3) is 0 Å².